The van der Waals surface area contributed by atoms with Crippen LogP contribution < -0.4 is 15.4 Å². The molecule has 1 rings (SSSR count). The number of methoxy groups -OCH3 is 2. The molecule has 0 bridgehead atoms. The molecular weight excluding hydrogens is 360 g/mol. The molecule has 1 aromatic rings. The van der Waals surface area contributed by atoms with Crippen LogP contribution in [-0.2, 0) is 25.5 Å². The van der Waals surface area contributed by atoms with E-state index in [2.05, 4.69) is 15.4 Å². The molecule has 7 nitrogen and oxygen atoms in total. The number of amides is 2. The molecule has 0 aliphatic rings. The molecule has 0 aromatic heterocycles. The molecule has 2 atom stereocenters. The summed E-state index contributed by atoms with van der Waals surface area (Å²) in [6.07, 6.45) is 3.65. The van der Waals surface area contributed by atoms with Crippen molar-refractivity contribution in [2.24, 2.45) is 11.8 Å². The average molecular weight is 390 g/mol. The van der Waals surface area contributed by atoms with Crippen molar-refractivity contribution in [2.75, 3.05) is 21.3 Å². The summed E-state index contributed by atoms with van der Waals surface area (Å²) in [5, 5.41) is 5.39. The number of carbonyl (C=O) groups excluding carboxylic acids is 3. The normalized spacial score (nSPS) is 13.1. The molecule has 1 unspecified atom stereocenters. The topological polar surface area (TPSA) is 93.7 Å². The Morgan fingerprint density at radius 3 is 2.21 bits per heavy atom. The van der Waals surface area contributed by atoms with Crippen LogP contribution in [0.3, 0.4) is 0 Å². The van der Waals surface area contributed by atoms with Gasteiger partial charge in [0.1, 0.15) is 11.8 Å². The second-order valence-corrected chi connectivity index (χ2v) is 6.85. The second kappa shape index (κ2) is 11.8. The van der Waals surface area contributed by atoms with Crippen LogP contribution in [0.1, 0.15) is 25.8 Å². The minimum absolute atomic E-state index is 0.234. The Labute approximate surface area is 166 Å². The predicted molar refractivity (Wildman–Crippen MR) is 107 cm³/mol. The molecule has 0 aliphatic carbocycles. The lowest BCUT2D eigenvalue weighted by molar-refractivity contribution is -0.134. The van der Waals surface area contributed by atoms with Crippen molar-refractivity contribution in [3.05, 3.63) is 42.0 Å². The first kappa shape index (κ1) is 23.2. The number of benzene rings is 1. The molecule has 28 heavy (non-hydrogen) atoms. The van der Waals surface area contributed by atoms with Crippen LogP contribution >= 0.6 is 0 Å². The van der Waals surface area contributed by atoms with Gasteiger partial charge in [0.15, 0.2) is 0 Å². The highest BCUT2D eigenvalue weighted by atomic mass is 16.5. The number of rotatable bonds is 10. The molecular formula is C21H30N2O5. The molecule has 0 radical (unpaired) electrons. The lowest BCUT2D eigenvalue weighted by Crippen LogP contribution is -2.48. The fourth-order valence-corrected chi connectivity index (χ4v) is 2.70. The van der Waals surface area contributed by atoms with Crippen molar-refractivity contribution in [3.8, 4) is 5.75 Å². The summed E-state index contributed by atoms with van der Waals surface area (Å²) >= 11 is 0. The molecule has 0 saturated heterocycles. The Morgan fingerprint density at radius 2 is 1.71 bits per heavy atom. The van der Waals surface area contributed by atoms with Crippen molar-refractivity contribution in [1.82, 2.24) is 10.6 Å². The maximum Gasteiger partial charge on any atom is 0.330 e. The van der Waals surface area contributed by atoms with E-state index in [0.717, 1.165) is 5.56 Å². The summed E-state index contributed by atoms with van der Waals surface area (Å²) in [6, 6.07) is 6.58. The summed E-state index contributed by atoms with van der Waals surface area (Å²) in [5.74, 6) is -0.711. The van der Waals surface area contributed by atoms with E-state index < -0.39 is 17.9 Å². The quantitative estimate of drug-likeness (QED) is 0.470. The number of hydrogen-bond donors (Lipinski definition) is 2. The van der Waals surface area contributed by atoms with Crippen LogP contribution in [0.15, 0.2) is 36.4 Å². The SMILES string of the molecule is CNC(=O)[C@H](Cc1ccc(OC)cc1)NC(=O)C(/C=C/C(=O)OC)CC(C)C. The molecule has 0 saturated carbocycles. The minimum atomic E-state index is -0.730. The number of esters is 1. The summed E-state index contributed by atoms with van der Waals surface area (Å²) in [7, 11) is 4.39. The first-order chi connectivity index (χ1) is 13.3. The van der Waals surface area contributed by atoms with E-state index in [1.54, 1.807) is 19.2 Å². The Hall–Kier alpha value is -2.83. The van der Waals surface area contributed by atoms with Gasteiger partial charge < -0.3 is 20.1 Å². The van der Waals surface area contributed by atoms with E-state index in [4.69, 9.17) is 4.74 Å². The lowest BCUT2D eigenvalue weighted by atomic mass is 9.95. The Bertz CT molecular complexity index is 683. The fraction of sp³-hybridized carbons (Fsp3) is 0.476. The molecule has 2 amide bonds. The van der Waals surface area contributed by atoms with Crippen molar-refractivity contribution in [3.63, 3.8) is 0 Å². The minimum Gasteiger partial charge on any atom is -0.497 e. The van der Waals surface area contributed by atoms with E-state index in [9.17, 15) is 14.4 Å². The Balaban J connectivity index is 2.93. The standard InChI is InChI=1S/C21H30N2O5/c1-14(2)12-16(8-11-19(24)28-5)20(25)23-18(21(26)22-3)13-15-6-9-17(27-4)10-7-15/h6-11,14,16,18H,12-13H2,1-5H3,(H,22,26)(H,23,25)/b11-8+/t16?,18-/m0/s1. The van der Waals surface area contributed by atoms with E-state index >= 15 is 0 Å². The van der Waals surface area contributed by atoms with Crippen molar-refractivity contribution >= 4 is 17.8 Å². The van der Waals surface area contributed by atoms with Gasteiger partial charge in [-0.05, 0) is 30.0 Å². The molecule has 154 valence electrons. The van der Waals surface area contributed by atoms with Gasteiger partial charge in [0.05, 0.1) is 20.1 Å². The highest BCUT2D eigenvalue weighted by Gasteiger charge is 2.25. The molecule has 0 heterocycles. The molecule has 0 spiro atoms. The van der Waals surface area contributed by atoms with Crippen LogP contribution in [0.5, 0.6) is 5.75 Å². The summed E-state index contributed by atoms with van der Waals surface area (Å²) in [6.45, 7) is 3.97. The summed E-state index contributed by atoms with van der Waals surface area (Å²) in [5.41, 5.74) is 0.889. The summed E-state index contributed by atoms with van der Waals surface area (Å²) in [4.78, 5) is 36.5. The van der Waals surface area contributed by atoms with Crippen LogP contribution in [-0.4, -0.2) is 45.1 Å². The first-order valence-corrected chi connectivity index (χ1v) is 9.21. The zero-order valence-electron chi connectivity index (χ0n) is 17.2. The van der Waals surface area contributed by atoms with Gasteiger partial charge >= 0.3 is 5.97 Å². The maximum atomic E-state index is 12.8. The average Bonchev–Trinajstić information content (AvgIpc) is 2.69. The second-order valence-electron chi connectivity index (χ2n) is 6.85. The van der Waals surface area contributed by atoms with Crippen LogP contribution in [0.2, 0.25) is 0 Å². The first-order valence-electron chi connectivity index (χ1n) is 9.21. The molecule has 2 N–H and O–H groups in total. The molecule has 1 aromatic carbocycles. The van der Waals surface area contributed by atoms with Crippen molar-refractivity contribution in [2.45, 2.75) is 32.7 Å². The third kappa shape index (κ3) is 7.82. The van der Waals surface area contributed by atoms with E-state index in [1.807, 2.05) is 26.0 Å². The zero-order valence-corrected chi connectivity index (χ0v) is 17.2. The molecule has 7 heteroatoms. The monoisotopic (exact) mass is 390 g/mol. The maximum absolute atomic E-state index is 12.8. The van der Waals surface area contributed by atoms with Gasteiger partial charge in [0.25, 0.3) is 0 Å². The lowest BCUT2D eigenvalue weighted by Gasteiger charge is -2.21. The van der Waals surface area contributed by atoms with Gasteiger partial charge in [-0.15, -0.1) is 0 Å². The van der Waals surface area contributed by atoms with Crippen molar-refractivity contribution in [1.29, 1.82) is 0 Å². The van der Waals surface area contributed by atoms with E-state index in [-0.39, 0.29) is 17.7 Å². The molecule has 0 fully saturated rings. The fourth-order valence-electron chi connectivity index (χ4n) is 2.70. The Morgan fingerprint density at radius 1 is 1.07 bits per heavy atom. The van der Waals surface area contributed by atoms with E-state index in [1.165, 1.54) is 26.3 Å². The number of ether oxygens (including phenoxy) is 2. The van der Waals surface area contributed by atoms with Crippen LogP contribution in [0.4, 0.5) is 0 Å². The highest BCUT2D eigenvalue weighted by Crippen LogP contribution is 2.16. The van der Waals surface area contributed by atoms with Gasteiger partial charge in [-0.1, -0.05) is 32.1 Å². The van der Waals surface area contributed by atoms with Crippen LogP contribution in [0.25, 0.3) is 0 Å². The van der Waals surface area contributed by atoms with Gasteiger partial charge in [-0.2, -0.15) is 0 Å². The number of likely N-dealkylation sites (N-methyl/N-ethyl adjacent to an activating group) is 1. The van der Waals surface area contributed by atoms with Gasteiger partial charge in [0, 0.05) is 19.5 Å². The number of nitrogens with one attached hydrogen (secondary N) is 2. The van der Waals surface area contributed by atoms with Crippen molar-refractivity contribution < 1.29 is 23.9 Å². The number of carbonyl (C=O) groups is 3. The summed E-state index contributed by atoms with van der Waals surface area (Å²) < 4.78 is 9.72. The van der Waals surface area contributed by atoms with Gasteiger partial charge in [0.2, 0.25) is 11.8 Å². The zero-order chi connectivity index (χ0) is 21.1. The largest absolute Gasteiger partial charge is 0.497 e. The van der Waals surface area contributed by atoms with E-state index in [0.29, 0.717) is 18.6 Å². The smallest absolute Gasteiger partial charge is 0.330 e. The number of hydrogen-bond acceptors (Lipinski definition) is 5. The highest BCUT2D eigenvalue weighted by molar-refractivity contribution is 5.90. The van der Waals surface area contributed by atoms with Crippen LogP contribution in [0, 0.1) is 11.8 Å². The Kier molecular flexibility index (Phi) is 9.78. The molecule has 0 aliphatic heterocycles. The third-order valence-corrected chi connectivity index (χ3v) is 4.21. The third-order valence-electron chi connectivity index (χ3n) is 4.21. The van der Waals surface area contributed by atoms with Gasteiger partial charge in [-0.3, -0.25) is 9.59 Å². The predicted octanol–water partition coefficient (Wildman–Crippen LogP) is 1.86. The van der Waals surface area contributed by atoms with Gasteiger partial charge in [-0.25, -0.2) is 4.79 Å².